The van der Waals surface area contributed by atoms with E-state index in [0.29, 0.717) is 0 Å². The summed E-state index contributed by atoms with van der Waals surface area (Å²) in [4.78, 5) is 0. The van der Waals surface area contributed by atoms with Crippen LogP contribution >= 0.6 is 0 Å². The van der Waals surface area contributed by atoms with Crippen LogP contribution in [0.1, 0.15) is 24.0 Å². The molecule has 0 aromatic heterocycles. The minimum Gasteiger partial charge on any atom is -0.382 e. The molecular weight excluding hydrogens is 186 g/mol. The molecule has 15 heavy (non-hydrogen) atoms. The van der Waals surface area contributed by atoms with Crippen LogP contribution in [0.2, 0.25) is 0 Å². The van der Waals surface area contributed by atoms with E-state index in [-0.39, 0.29) is 5.54 Å². The van der Waals surface area contributed by atoms with Crippen molar-refractivity contribution >= 4 is 0 Å². The minimum atomic E-state index is 0.0563. The van der Waals surface area contributed by atoms with Gasteiger partial charge in [-0.25, -0.2) is 0 Å². The van der Waals surface area contributed by atoms with E-state index in [4.69, 9.17) is 4.74 Å². The predicted octanol–water partition coefficient (Wildman–Crippen LogP) is 2.22. The maximum Gasteiger partial charge on any atom is 0.0686 e. The van der Waals surface area contributed by atoms with Crippen molar-refractivity contribution in [2.24, 2.45) is 0 Å². The van der Waals surface area contributed by atoms with Gasteiger partial charge in [0.15, 0.2) is 0 Å². The SMILES string of the molecule is COCC1(c2cccc(C)c2)CCCN1. The largest absolute Gasteiger partial charge is 0.382 e. The van der Waals surface area contributed by atoms with Gasteiger partial charge in [0.1, 0.15) is 0 Å². The third-order valence-electron chi connectivity index (χ3n) is 3.21. The smallest absolute Gasteiger partial charge is 0.0686 e. The lowest BCUT2D eigenvalue weighted by atomic mass is 9.88. The molecular formula is C13H19NO. The molecule has 1 saturated heterocycles. The molecule has 1 N–H and O–H groups in total. The number of aryl methyl sites for hydroxylation is 1. The zero-order valence-electron chi connectivity index (χ0n) is 9.55. The number of hydrogen-bond donors (Lipinski definition) is 1. The number of benzene rings is 1. The van der Waals surface area contributed by atoms with Crippen molar-refractivity contribution in [2.75, 3.05) is 20.3 Å². The van der Waals surface area contributed by atoms with E-state index in [1.165, 1.54) is 24.0 Å². The van der Waals surface area contributed by atoms with Gasteiger partial charge in [-0.1, -0.05) is 29.8 Å². The first-order valence-electron chi connectivity index (χ1n) is 5.58. The Hall–Kier alpha value is -0.860. The molecule has 1 aliphatic heterocycles. The first-order valence-corrected chi connectivity index (χ1v) is 5.58. The van der Waals surface area contributed by atoms with Crippen LogP contribution in [0.5, 0.6) is 0 Å². The second kappa shape index (κ2) is 4.33. The Morgan fingerprint density at radius 1 is 1.47 bits per heavy atom. The molecule has 0 saturated carbocycles. The van der Waals surface area contributed by atoms with Crippen molar-refractivity contribution < 1.29 is 4.74 Å². The van der Waals surface area contributed by atoms with Gasteiger partial charge in [0.25, 0.3) is 0 Å². The molecule has 0 bridgehead atoms. The highest BCUT2D eigenvalue weighted by atomic mass is 16.5. The summed E-state index contributed by atoms with van der Waals surface area (Å²) in [7, 11) is 1.78. The summed E-state index contributed by atoms with van der Waals surface area (Å²) < 4.78 is 5.36. The summed E-state index contributed by atoms with van der Waals surface area (Å²) in [6, 6.07) is 8.72. The van der Waals surface area contributed by atoms with Gasteiger partial charge in [0, 0.05) is 7.11 Å². The van der Waals surface area contributed by atoms with E-state index >= 15 is 0 Å². The van der Waals surface area contributed by atoms with Crippen molar-refractivity contribution in [1.29, 1.82) is 0 Å². The molecule has 1 atom stereocenters. The Morgan fingerprint density at radius 3 is 2.93 bits per heavy atom. The Balaban J connectivity index is 2.31. The van der Waals surface area contributed by atoms with E-state index in [1.54, 1.807) is 7.11 Å². The molecule has 0 amide bonds. The molecule has 2 nitrogen and oxygen atoms in total. The molecule has 1 fully saturated rings. The fourth-order valence-electron chi connectivity index (χ4n) is 2.45. The van der Waals surface area contributed by atoms with E-state index in [0.717, 1.165) is 13.2 Å². The predicted molar refractivity (Wildman–Crippen MR) is 62.0 cm³/mol. The highest BCUT2D eigenvalue weighted by molar-refractivity contribution is 5.30. The van der Waals surface area contributed by atoms with Gasteiger partial charge < -0.3 is 10.1 Å². The van der Waals surface area contributed by atoms with Crippen molar-refractivity contribution in [3.8, 4) is 0 Å². The minimum absolute atomic E-state index is 0.0563. The first-order chi connectivity index (χ1) is 7.27. The molecule has 1 aromatic carbocycles. The highest BCUT2D eigenvalue weighted by Gasteiger charge is 2.35. The normalized spacial score (nSPS) is 25.7. The summed E-state index contributed by atoms with van der Waals surface area (Å²) in [5.74, 6) is 0. The summed E-state index contributed by atoms with van der Waals surface area (Å²) in [5.41, 5.74) is 2.74. The van der Waals surface area contributed by atoms with E-state index in [2.05, 4.69) is 36.5 Å². The maximum absolute atomic E-state index is 5.36. The van der Waals surface area contributed by atoms with E-state index in [9.17, 15) is 0 Å². The summed E-state index contributed by atoms with van der Waals surface area (Å²) >= 11 is 0. The molecule has 1 heterocycles. The second-order valence-electron chi connectivity index (χ2n) is 4.41. The molecule has 1 unspecified atom stereocenters. The number of hydrogen-bond acceptors (Lipinski definition) is 2. The molecule has 2 rings (SSSR count). The van der Waals surface area contributed by atoms with Gasteiger partial charge >= 0.3 is 0 Å². The molecule has 1 aliphatic rings. The topological polar surface area (TPSA) is 21.3 Å². The average molecular weight is 205 g/mol. The van der Waals surface area contributed by atoms with Crippen LogP contribution in [0.4, 0.5) is 0 Å². The number of rotatable bonds is 3. The zero-order valence-corrected chi connectivity index (χ0v) is 9.55. The lowest BCUT2D eigenvalue weighted by molar-refractivity contribution is 0.120. The van der Waals surface area contributed by atoms with Gasteiger partial charge in [-0.05, 0) is 31.9 Å². The standard InChI is InChI=1S/C13H19NO/c1-11-5-3-6-12(9-11)13(10-15-2)7-4-8-14-13/h3,5-6,9,14H,4,7-8,10H2,1-2H3. The first kappa shape index (κ1) is 10.7. The monoisotopic (exact) mass is 205 g/mol. The van der Waals surface area contributed by atoms with Gasteiger partial charge in [0.2, 0.25) is 0 Å². The summed E-state index contributed by atoms with van der Waals surface area (Å²) in [6.07, 6.45) is 2.40. The van der Waals surface area contributed by atoms with Gasteiger partial charge in [-0.15, -0.1) is 0 Å². The second-order valence-corrected chi connectivity index (χ2v) is 4.41. The van der Waals surface area contributed by atoms with E-state index in [1.807, 2.05) is 0 Å². The van der Waals surface area contributed by atoms with Crippen molar-refractivity contribution in [1.82, 2.24) is 5.32 Å². The molecule has 0 spiro atoms. The van der Waals surface area contributed by atoms with Crippen LogP contribution < -0.4 is 5.32 Å². The molecule has 2 heteroatoms. The fraction of sp³-hybridized carbons (Fsp3) is 0.538. The molecule has 1 aromatic rings. The van der Waals surface area contributed by atoms with Crippen molar-refractivity contribution in [3.05, 3.63) is 35.4 Å². The quantitative estimate of drug-likeness (QED) is 0.817. The van der Waals surface area contributed by atoms with Crippen LogP contribution in [0.3, 0.4) is 0 Å². The van der Waals surface area contributed by atoms with Crippen LogP contribution in [0.15, 0.2) is 24.3 Å². The zero-order chi connectivity index (χ0) is 10.7. The Morgan fingerprint density at radius 2 is 2.33 bits per heavy atom. The van der Waals surface area contributed by atoms with Crippen LogP contribution in [0, 0.1) is 6.92 Å². The summed E-state index contributed by atoms with van der Waals surface area (Å²) in [6.45, 7) is 3.99. The molecule has 82 valence electrons. The van der Waals surface area contributed by atoms with Gasteiger partial charge in [-0.2, -0.15) is 0 Å². The Bertz CT molecular complexity index is 329. The number of ether oxygens (including phenoxy) is 1. The maximum atomic E-state index is 5.36. The van der Waals surface area contributed by atoms with Crippen LogP contribution in [-0.4, -0.2) is 20.3 Å². The van der Waals surface area contributed by atoms with E-state index < -0.39 is 0 Å². The van der Waals surface area contributed by atoms with Crippen molar-refractivity contribution in [2.45, 2.75) is 25.3 Å². The Labute approximate surface area is 91.6 Å². The molecule has 0 aliphatic carbocycles. The lowest BCUT2D eigenvalue weighted by Gasteiger charge is -2.29. The fourth-order valence-corrected chi connectivity index (χ4v) is 2.45. The van der Waals surface area contributed by atoms with Gasteiger partial charge in [-0.3, -0.25) is 0 Å². The Kier molecular flexibility index (Phi) is 3.08. The van der Waals surface area contributed by atoms with Crippen molar-refractivity contribution in [3.63, 3.8) is 0 Å². The lowest BCUT2D eigenvalue weighted by Crippen LogP contribution is -2.41. The van der Waals surface area contributed by atoms with Crippen LogP contribution in [0.25, 0.3) is 0 Å². The number of methoxy groups -OCH3 is 1. The third-order valence-corrected chi connectivity index (χ3v) is 3.21. The highest BCUT2D eigenvalue weighted by Crippen LogP contribution is 2.31. The molecule has 0 radical (unpaired) electrons. The summed E-state index contributed by atoms with van der Waals surface area (Å²) in [5, 5.41) is 3.59. The third kappa shape index (κ3) is 2.06. The van der Waals surface area contributed by atoms with Gasteiger partial charge in [0.05, 0.1) is 12.1 Å². The average Bonchev–Trinajstić information content (AvgIpc) is 2.68. The van der Waals surface area contributed by atoms with Crippen LogP contribution in [-0.2, 0) is 10.3 Å². The number of nitrogens with one attached hydrogen (secondary N) is 1.